The van der Waals surface area contributed by atoms with Gasteiger partial charge in [-0.1, -0.05) is 13.8 Å². The van der Waals surface area contributed by atoms with Gasteiger partial charge in [0.25, 0.3) is 0 Å². The lowest BCUT2D eigenvalue weighted by atomic mass is 9.65. The van der Waals surface area contributed by atoms with Crippen LogP contribution in [0, 0.1) is 17.2 Å². The van der Waals surface area contributed by atoms with Gasteiger partial charge in [0.1, 0.15) is 5.82 Å². The Morgan fingerprint density at radius 3 is 2.71 bits per heavy atom. The van der Waals surface area contributed by atoms with E-state index in [0.29, 0.717) is 11.3 Å². The minimum absolute atomic E-state index is 0.105. The molecule has 21 heavy (non-hydrogen) atoms. The summed E-state index contributed by atoms with van der Waals surface area (Å²) in [6.45, 7) is 12.1. The fourth-order valence-electron chi connectivity index (χ4n) is 3.37. The van der Waals surface area contributed by atoms with Crippen molar-refractivity contribution in [2.45, 2.75) is 65.3 Å². The summed E-state index contributed by atoms with van der Waals surface area (Å²) in [5, 5.41) is 3.60. The Hall–Kier alpha value is -0.960. The van der Waals surface area contributed by atoms with E-state index in [4.69, 9.17) is 0 Å². The molecule has 0 aromatic carbocycles. The standard InChI is InChI=1S/C18H29FN2/c1-17(2,3)21-11-13-6-8-18(4,5)10-15(13)14-7-9-20-12-16(14)19/h7,9,12-13,15,21H,6,8,10-11H2,1-5H3. The Bertz CT molecular complexity index is 476. The molecule has 118 valence electrons. The number of hydrogen-bond acceptors (Lipinski definition) is 2. The Balaban J connectivity index is 2.20. The van der Waals surface area contributed by atoms with Crippen LogP contribution in [0.2, 0.25) is 0 Å². The largest absolute Gasteiger partial charge is 0.312 e. The number of rotatable bonds is 3. The maximum absolute atomic E-state index is 14.2. The first kappa shape index (κ1) is 16.4. The van der Waals surface area contributed by atoms with Crippen LogP contribution in [0.15, 0.2) is 18.5 Å². The third-order valence-electron chi connectivity index (χ3n) is 4.63. The Labute approximate surface area is 128 Å². The molecular formula is C18H29FN2. The maximum atomic E-state index is 14.2. The first-order chi connectivity index (χ1) is 9.68. The molecule has 1 aliphatic carbocycles. The summed E-state index contributed by atoms with van der Waals surface area (Å²) < 4.78 is 14.2. The molecule has 0 radical (unpaired) electrons. The molecule has 2 unspecified atom stereocenters. The highest BCUT2D eigenvalue weighted by molar-refractivity contribution is 5.21. The Morgan fingerprint density at radius 2 is 2.10 bits per heavy atom. The molecule has 0 bridgehead atoms. The molecule has 1 aliphatic rings. The van der Waals surface area contributed by atoms with Crippen LogP contribution in [0.25, 0.3) is 0 Å². The fourth-order valence-corrected chi connectivity index (χ4v) is 3.37. The number of aromatic nitrogens is 1. The van der Waals surface area contributed by atoms with Crippen LogP contribution in [-0.2, 0) is 0 Å². The van der Waals surface area contributed by atoms with Crippen LogP contribution in [0.1, 0.15) is 65.4 Å². The van der Waals surface area contributed by atoms with E-state index in [0.717, 1.165) is 24.9 Å². The molecule has 0 saturated heterocycles. The Kier molecular flexibility index (Phi) is 4.72. The second-order valence-corrected chi connectivity index (χ2v) is 8.30. The van der Waals surface area contributed by atoms with E-state index < -0.39 is 0 Å². The van der Waals surface area contributed by atoms with Crippen molar-refractivity contribution in [1.82, 2.24) is 10.3 Å². The first-order valence-corrected chi connectivity index (χ1v) is 8.02. The molecule has 1 aromatic heterocycles. The summed E-state index contributed by atoms with van der Waals surface area (Å²) in [6.07, 6.45) is 6.49. The summed E-state index contributed by atoms with van der Waals surface area (Å²) in [5.74, 6) is 0.627. The quantitative estimate of drug-likeness (QED) is 0.886. The van der Waals surface area contributed by atoms with Gasteiger partial charge in [0.05, 0.1) is 6.20 Å². The number of pyridine rings is 1. The summed E-state index contributed by atoms with van der Waals surface area (Å²) in [6, 6.07) is 1.87. The molecule has 0 amide bonds. The average Bonchev–Trinajstić information content (AvgIpc) is 2.36. The topological polar surface area (TPSA) is 24.9 Å². The van der Waals surface area contributed by atoms with E-state index in [9.17, 15) is 4.39 Å². The van der Waals surface area contributed by atoms with Gasteiger partial charge in [-0.3, -0.25) is 4.98 Å². The normalized spacial score (nSPS) is 25.8. The molecule has 0 aliphatic heterocycles. The number of nitrogens with zero attached hydrogens (tertiary/aromatic N) is 1. The van der Waals surface area contributed by atoms with Crippen molar-refractivity contribution in [2.75, 3.05) is 6.54 Å². The van der Waals surface area contributed by atoms with Crippen molar-refractivity contribution in [1.29, 1.82) is 0 Å². The van der Waals surface area contributed by atoms with Crippen molar-refractivity contribution in [3.05, 3.63) is 29.8 Å². The van der Waals surface area contributed by atoms with Crippen LogP contribution in [0.3, 0.4) is 0 Å². The van der Waals surface area contributed by atoms with Crippen LogP contribution >= 0.6 is 0 Å². The van der Waals surface area contributed by atoms with E-state index in [1.165, 1.54) is 12.6 Å². The van der Waals surface area contributed by atoms with Crippen LogP contribution in [-0.4, -0.2) is 17.1 Å². The molecular weight excluding hydrogens is 263 g/mol. The van der Waals surface area contributed by atoms with E-state index in [1.807, 2.05) is 6.07 Å². The molecule has 3 heteroatoms. The van der Waals surface area contributed by atoms with Gasteiger partial charge in [0.15, 0.2) is 0 Å². The van der Waals surface area contributed by atoms with Gasteiger partial charge in [0, 0.05) is 11.7 Å². The highest BCUT2D eigenvalue weighted by Crippen LogP contribution is 2.47. The van der Waals surface area contributed by atoms with Gasteiger partial charge < -0.3 is 5.32 Å². The summed E-state index contributed by atoms with van der Waals surface area (Å²) in [4.78, 5) is 3.90. The zero-order chi connectivity index (χ0) is 15.7. The molecule has 1 fully saturated rings. The van der Waals surface area contributed by atoms with Gasteiger partial charge in [-0.2, -0.15) is 0 Å². The molecule has 2 atom stereocenters. The fraction of sp³-hybridized carbons (Fsp3) is 0.722. The van der Waals surface area contributed by atoms with E-state index in [2.05, 4.69) is 44.9 Å². The second-order valence-electron chi connectivity index (χ2n) is 8.30. The van der Waals surface area contributed by atoms with Crippen molar-refractivity contribution >= 4 is 0 Å². The number of nitrogens with one attached hydrogen (secondary N) is 1. The minimum atomic E-state index is -0.152. The summed E-state index contributed by atoms with van der Waals surface area (Å²) >= 11 is 0. The molecule has 1 saturated carbocycles. The monoisotopic (exact) mass is 292 g/mol. The lowest BCUT2D eigenvalue weighted by Gasteiger charge is -2.42. The predicted molar refractivity (Wildman–Crippen MR) is 85.8 cm³/mol. The molecule has 2 rings (SSSR count). The molecule has 2 nitrogen and oxygen atoms in total. The van der Waals surface area contributed by atoms with Gasteiger partial charge in [-0.15, -0.1) is 0 Å². The lowest BCUT2D eigenvalue weighted by molar-refractivity contribution is 0.151. The molecule has 1 heterocycles. The average molecular weight is 292 g/mol. The third-order valence-corrected chi connectivity index (χ3v) is 4.63. The Morgan fingerprint density at radius 1 is 1.38 bits per heavy atom. The molecule has 1 aromatic rings. The summed E-state index contributed by atoms with van der Waals surface area (Å²) in [7, 11) is 0. The van der Waals surface area contributed by atoms with E-state index >= 15 is 0 Å². The zero-order valence-electron chi connectivity index (χ0n) is 14.0. The minimum Gasteiger partial charge on any atom is -0.312 e. The lowest BCUT2D eigenvalue weighted by Crippen LogP contribution is -2.42. The van der Waals surface area contributed by atoms with Gasteiger partial charge in [-0.25, -0.2) is 4.39 Å². The highest BCUT2D eigenvalue weighted by Gasteiger charge is 2.37. The van der Waals surface area contributed by atoms with Crippen molar-refractivity contribution in [3.8, 4) is 0 Å². The third kappa shape index (κ3) is 4.50. The number of halogens is 1. The van der Waals surface area contributed by atoms with Crippen molar-refractivity contribution in [3.63, 3.8) is 0 Å². The smallest absolute Gasteiger partial charge is 0.144 e. The first-order valence-electron chi connectivity index (χ1n) is 8.02. The van der Waals surface area contributed by atoms with Gasteiger partial charge >= 0.3 is 0 Å². The van der Waals surface area contributed by atoms with Gasteiger partial charge in [0.2, 0.25) is 0 Å². The second kappa shape index (κ2) is 6.04. The van der Waals surface area contributed by atoms with Crippen molar-refractivity contribution in [2.24, 2.45) is 11.3 Å². The van der Waals surface area contributed by atoms with E-state index in [1.54, 1.807) is 6.20 Å². The van der Waals surface area contributed by atoms with Crippen LogP contribution in [0.4, 0.5) is 4.39 Å². The maximum Gasteiger partial charge on any atom is 0.144 e. The molecule has 0 spiro atoms. The number of hydrogen-bond donors (Lipinski definition) is 1. The zero-order valence-corrected chi connectivity index (χ0v) is 14.0. The van der Waals surface area contributed by atoms with Crippen molar-refractivity contribution < 1.29 is 4.39 Å². The van der Waals surface area contributed by atoms with Gasteiger partial charge in [-0.05, 0) is 75.5 Å². The van der Waals surface area contributed by atoms with E-state index in [-0.39, 0.29) is 17.3 Å². The predicted octanol–water partition coefficient (Wildman–Crippen LogP) is 4.52. The van der Waals surface area contributed by atoms with Crippen LogP contribution in [0.5, 0.6) is 0 Å². The van der Waals surface area contributed by atoms with Crippen LogP contribution < -0.4 is 5.32 Å². The summed E-state index contributed by atoms with van der Waals surface area (Å²) in [5.41, 5.74) is 1.24. The molecule has 1 N–H and O–H groups in total. The highest BCUT2D eigenvalue weighted by atomic mass is 19.1. The SMILES string of the molecule is CC1(C)CCC(CNC(C)(C)C)C(c2ccncc2F)C1.